The number of hydrogen-bond acceptors (Lipinski definition) is 3. The van der Waals surface area contributed by atoms with E-state index < -0.39 is 0 Å². The quantitative estimate of drug-likeness (QED) is 0.799. The summed E-state index contributed by atoms with van der Waals surface area (Å²) in [5.41, 5.74) is 7.84. The number of amides is 1. The van der Waals surface area contributed by atoms with E-state index in [1.807, 2.05) is 32.9 Å². The number of carbonyl (C=O) groups is 1. The normalized spacial score (nSPS) is 11.4. The van der Waals surface area contributed by atoms with Gasteiger partial charge in [0.15, 0.2) is 0 Å². The first kappa shape index (κ1) is 16.2. The van der Waals surface area contributed by atoms with Crippen LogP contribution in [0.25, 0.3) is 0 Å². The average Bonchev–Trinajstić information content (AvgIpc) is 2.43. The van der Waals surface area contributed by atoms with E-state index in [-0.39, 0.29) is 11.9 Å². The van der Waals surface area contributed by atoms with Gasteiger partial charge in [-0.05, 0) is 44.5 Å². The van der Waals surface area contributed by atoms with Gasteiger partial charge in [-0.3, -0.25) is 4.79 Å². The Morgan fingerprint density at radius 3 is 2.85 bits per heavy atom. The molecule has 0 saturated heterocycles. The summed E-state index contributed by atoms with van der Waals surface area (Å²) in [5, 5.41) is 2.90. The molecule has 108 valence electrons. The highest BCUT2D eigenvalue weighted by molar-refractivity contribution is 5.94. The molecule has 0 spiro atoms. The Bertz CT molecular complexity index is 515. The van der Waals surface area contributed by atoms with Crippen molar-refractivity contribution < 1.29 is 9.53 Å². The Kier molecular flexibility index (Phi) is 6.78. The zero-order chi connectivity index (χ0) is 15.0. The number of benzene rings is 1. The number of rotatable bonds is 5. The summed E-state index contributed by atoms with van der Waals surface area (Å²) in [6.07, 6.45) is 0. The van der Waals surface area contributed by atoms with E-state index in [1.165, 1.54) is 0 Å². The summed E-state index contributed by atoms with van der Waals surface area (Å²) < 4.78 is 5.27. The molecule has 1 amide bonds. The van der Waals surface area contributed by atoms with Crippen LogP contribution in [0.2, 0.25) is 0 Å². The van der Waals surface area contributed by atoms with E-state index in [9.17, 15) is 4.79 Å². The van der Waals surface area contributed by atoms with Gasteiger partial charge in [0.05, 0.1) is 13.2 Å². The van der Waals surface area contributed by atoms with Crippen LogP contribution in [0.4, 0.5) is 0 Å². The van der Waals surface area contributed by atoms with Gasteiger partial charge in [-0.15, -0.1) is 0 Å². The topological polar surface area (TPSA) is 64.3 Å². The Labute approximate surface area is 120 Å². The van der Waals surface area contributed by atoms with Gasteiger partial charge in [0, 0.05) is 23.8 Å². The number of nitrogens with two attached hydrogens (primary N) is 1. The lowest BCUT2D eigenvalue weighted by Crippen LogP contribution is -2.35. The summed E-state index contributed by atoms with van der Waals surface area (Å²) in [7, 11) is 0. The summed E-state index contributed by atoms with van der Waals surface area (Å²) >= 11 is 0. The highest BCUT2D eigenvalue weighted by Gasteiger charge is 2.10. The third-order valence-electron chi connectivity index (χ3n) is 2.76. The Hall–Kier alpha value is -1.83. The Morgan fingerprint density at radius 2 is 2.25 bits per heavy atom. The minimum atomic E-state index is -0.0985. The zero-order valence-corrected chi connectivity index (χ0v) is 12.3. The van der Waals surface area contributed by atoms with E-state index in [2.05, 4.69) is 17.2 Å². The molecule has 0 aliphatic carbocycles. The van der Waals surface area contributed by atoms with Crippen molar-refractivity contribution in [1.82, 2.24) is 5.32 Å². The van der Waals surface area contributed by atoms with Gasteiger partial charge < -0.3 is 15.8 Å². The molecular formula is C16H22N2O2. The fourth-order valence-corrected chi connectivity index (χ4v) is 1.73. The van der Waals surface area contributed by atoms with Crippen LogP contribution in [0.1, 0.15) is 35.3 Å². The van der Waals surface area contributed by atoms with Gasteiger partial charge in [0.25, 0.3) is 5.91 Å². The van der Waals surface area contributed by atoms with Crippen molar-refractivity contribution >= 4 is 5.91 Å². The number of ether oxygens (including phenoxy) is 1. The van der Waals surface area contributed by atoms with Gasteiger partial charge in [0.2, 0.25) is 0 Å². The molecule has 1 aromatic carbocycles. The van der Waals surface area contributed by atoms with Crippen LogP contribution in [0.5, 0.6) is 0 Å². The minimum absolute atomic E-state index is 0.0144. The van der Waals surface area contributed by atoms with Crippen LogP contribution in [0.3, 0.4) is 0 Å². The number of carbonyl (C=O) groups excluding carboxylic acids is 1. The summed E-state index contributed by atoms with van der Waals surface area (Å²) in [4.78, 5) is 12.1. The molecule has 0 saturated carbocycles. The van der Waals surface area contributed by atoms with Crippen molar-refractivity contribution in [1.29, 1.82) is 0 Å². The fourth-order valence-electron chi connectivity index (χ4n) is 1.73. The molecule has 0 aliphatic rings. The zero-order valence-electron chi connectivity index (χ0n) is 12.3. The molecule has 0 aliphatic heterocycles. The van der Waals surface area contributed by atoms with Crippen LogP contribution >= 0.6 is 0 Å². The first-order valence-electron chi connectivity index (χ1n) is 6.76. The van der Waals surface area contributed by atoms with Gasteiger partial charge in [-0.2, -0.15) is 0 Å². The van der Waals surface area contributed by atoms with Crippen molar-refractivity contribution in [2.24, 2.45) is 5.73 Å². The number of hydrogen-bond donors (Lipinski definition) is 2. The molecule has 1 atom stereocenters. The van der Waals surface area contributed by atoms with E-state index in [1.54, 1.807) is 6.07 Å². The Morgan fingerprint density at radius 1 is 1.50 bits per heavy atom. The second-order valence-corrected chi connectivity index (χ2v) is 4.57. The molecule has 0 bridgehead atoms. The average molecular weight is 274 g/mol. The molecule has 4 nitrogen and oxygen atoms in total. The molecule has 3 N–H and O–H groups in total. The first-order valence-corrected chi connectivity index (χ1v) is 6.76. The second kappa shape index (κ2) is 8.36. The van der Waals surface area contributed by atoms with Gasteiger partial charge >= 0.3 is 0 Å². The SMILES string of the molecule is CCOCC(C)NC(=O)c1ccc(C#CCN)c(C)c1. The maximum atomic E-state index is 12.1. The number of aryl methyl sites for hydroxylation is 1. The largest absolute Gasteiger partial charge is 0.380 e. The monoisotopic (exact) mass is 274 g/mol. The van der Waals surface area contributed by atoms with Gasteiger partial charge in [-0.25, -0.2) is 0 Å². The molecule has 0 fully saturated rings. The van der Waals surface area contributed by atoms with E-state index in [0.29, 0.717) is 25.3 Å². The van der Waals surface area contributed by atoms with Crippen LogP contribution in [0.15, 0.2) is 18.2 Å². The predicted molar refractivity (Wildman–Crippen MR) is 80.5 cm³/mol. The molecule has 1 rings (SSSR count). The van der Waals surface area contributed by atoms with E-state index in [0.717, 1.165) is 11.1 Å². The lowest BCUT2D eigenvalue weighted by atomic mass is 10.0. The van der Waals surface area contributed by atoms with E-state index in [4.69, 9.17) is 10.5 Å². The minimum Gasteiger partial charge on any atom is -0.380 e. The molecule has 0 heterocycles. The molecule has 20 heavy (non-hydrogen) atoms. The highest BCUT2D eigenvalue weighted by Crippen LogP contribution is 2.10. The third-order valence-corrected chi connectivity index (χ3v) is 2.76. The summed E-state index contributed by atoms with van der Waals surface area (Å²) in [6.45, 7) is 7.27. The second-order valence-electron chi connectivity index (χ2n) is 4.57. The fraction of sp³-hybridized carbons (Fsp3) is 0.438. The lowest BCUT2D eigenvalue weighted by Gasteiger charge is -2.14. The van der Waals surface area contributed by atoms with Crippen molar-refractivity contribution in [3.63, 3.8) is 0 Å². The standard InChI is InChI=1S/C16H22N2O2/c1-4-20-11-13(3)18-16(19)15-8-7-14(6-5-9-17)12(2)10-15/h7-8,10,13H,4,9,11,17H2,1-3H3,(H,18,19). The smallest absolute Gasteiger partial charge is 0.251 e. The summed E-state index contributed by atoms with van der Waals surface area (Å²) in [6, 6.07) is 5.44. The molecule has 0 aromatic heterocycles. The number of nitrogens with one attached hydrogen (secondary N) is 1. The van der Waals surface area contributed by atoms with Crippen molar-refractivity contribution in [2.45, 2.75) is 26.8 Å². The van der Waals surface area contributed by atoms with Crippen molar-refractivity contribution in [3.8, 4) is 11.8 Å². The van der Waals surface area contributed by atoms with Crippen molar-refractivity contribution in [2.75, 3.05) is 19.8 Å². The molecule has 1 unspecified atom stereocenters. The van der Waals surface area contributed by atoms with Gasteiger partial charge in [0.1, 0.15) is 0 Å². The Balaban J connectivity index is 2.72. The van der Waals surface area contributed by atoms with Crippen LogP contribution in [-0.4, -0.2) is 31.7 Å². The maximum absolute atomic E-state index is 12.1. The third kappa shape index (κ3) is 5.04. The maximum Gasteiger partial charge on any atom is 0.251 e. The lowest BCUT2D eigenvalue weighted by molar-refractivity contribution is 0.0872. The van der Waals surface area contributed by atoms with Crippen LogP contribution in [-0.2, 0) is 4.74 Å². The molecular weight excluding hydrogens is 252 g/mol. The molecule has 1 aromatic rings. The van der Waals surface area contributed by atoms with Crippen LogP contribution < -0.4 is 11.1 Å². The highest BCUT2D eigenvalue weighted by atomic mass is 16.5. The predicted octanol–water partition coefficient (Wildman–Crippen LogP) is 1.46. The molecule has 4 heteroatoms. The van der Waals surface area contributed by atoms with Crippen LogP contribution in [0, 0.1) is 18.8 Å². The van der Waals surface area contributed by atoms with Crippen molar-refractivity contribution in [3.05, 3.63) is 34.9 Å². The summed E-state index contributed by atoms with van der Waals surface area (Å²) in [5.74, 6) is 5.69. The van der Waals surface area contributed by atoms with Gasteiger partial charge in [-0.1, -0.05) is 11.8 Å². The van der Waals surface area contributed by atoms with E-state index >= 15 is 0 Å². The molecule has 0 radical (unpaired) electrons. The first-order chi connectivity index (χ1) is 9.58.